The van der Waals surface area contributed by atoms with Crippen LogP contribution in [0.2, 0.25) is 0 Å². The molecule has 0 aromatic heterocycles. The quantitative estimate of drug-likeness (QED) is 0.798. The number of likely N-dealkylation sites (N-methyl/N-ethyl adjacent to an activating group) is 1. The molecule has 2 nitrogen and oxygen atoms in total. The second kappa shape index (κ2) is 7.54. The van der Waals surface area contributed by atoms with Crippen LogP contribution >= 0.6 is 0 Å². The monoisotopic (exact) mass is 263 g/mol. The van der Waals surface area contributed by atoms with Crippen molar-refractivity contribution in [2.24, 2.45) is 5.92 Å². The van der Waals surface area contributed by atoms with Crippen LogP contribution in [0.25, 0.3) is 0 Å². The normalized spacial score (nSPS) is 13.1. The Hall–Kier alpha value is -1.02. The van der Waals surface area contributed by atoms with Gasteiger partial charge in [0, 0.05) is 6.04 Å². The van der Waals surface area contributed by atoms with Crippen LogP contribution in [0.4, 0.5) is 0 Å². The molecule has 19 heavy (non-hydrogen) atoms. The molecule has 0 heterocycles. The summed E-state index contributed by atoms with van der Waals surface area (Å²) in [6.45, 7) is 14.9. The van der Waals surface area contributed by atoms with E-state index in [2.05, 4.69) is 65.1 Å². The van der Waals surface area contributed by atoms with Gasteiger partial charge in [-0.25, -0.2) is 0 Å². The maximum Gasteiger partial charge on any atom is 0.123 e. The Balaban J connectivity index is 2.77. The molecule has 1 rings (SSSR count). The van der Waals surface area contributed by atoms with E-state index in [1.54, 1.807) is 0 Å². The van der Waals surface area contributed by atoms with Crippen molar-refractivity contribution >= 4 is 0 Å². The number of ether oxygens (including phenoxy) is 1. The van der Waals surface area contributed by atoms with Crippen LogP contribution in [0.1, 0.15) is 51.7 Å². The predicted molar refractivity (Wildman–Crippen MR) is 83.1 cm³/mol. The molecule has 0 aliphatic rings. The highest BCUT2D eigenvalue weighted by Crippen LogP contribution is 2.27. The van der Waals surface area contributed by atoms with Gasteiger partial charge in [0.15, 0.2) is 0 Å². The third-order valence-electron chi connectivity index (χ3n) is 3.48. The molecule has 108 valence electrons. The summed E-state index contributed by atoms with van der Waals surface area (Å²) in [6.07, 6.45) is 0. The molecule has 0 saturated heterocycles. The topological polar surface area (TPSA) is 21.3 Å². The summed E-state index contributed by atoms with van der Waals surface area (Å²) in [5, 5.41) is 3.49. The molecule has 0 aliphatic heterocycles. The van der Waals surface area contributed by atoms with E-state index in [0.717, 1.165) is 18.9 Å². The highest BCUT2D eigenvalue weighted by molar-refractivity contribution is 5.39. The van der Waals surface area contributed by atoms with Gasteiger partial charge in [0.05, 0.1) is 0 Å². The first kappa shape index (κ1) is 16.0. The van der Waals surface area contributed by atoms with Gasteiger partial charge in [-0.1, -0.05) is 46.8 Å². The molecule has 2 heteroatoms. The van der Waals surface area contributed by atoms with Crippen molar-refractivity contribution < 1.29 is 4.74 Å². The van der Waals surface area contributed by atoms with E-state index in [9.17, 15) is 0 Å². The third kappa shape index (κ3) is 4.87. The summed E-state index contributed by atoms with van der Waals surface area (Å²) < 4.78 is 6.09. The molecule has 0 aliphatic carbocycles. The first-order valence-electron chi connectivity index (χ1n) is 7.42. The molecule has 1 aromatic rings. The minimum absolute atomic E-state index is 0.408. The van der Waals surface area contributed by atoms with E-state index >= 15 is 0 Å². The van der Waals surface area contributed by atoms with Crippen LogP contribution in [0.5, 0.6) is 5.75 Å². The second-order valence-electron chi connectivity index (χ2n) is 5.92. The van der Waals surface area contributed by atoms with Crippen molar-refractivity contribution in [3.05, 3.63) is 29.3 Å². The fourth-order valence-corrected chi connectivity index (χ4v) is 2.17. The van der Waals surface area contributed by atoms with Crippen LogP contribution in [0.15, 0.2) is 18.2 Å². The molecular formula is C17H29NO. The summed E-state index contributed by atoms with van der Waals surface area (Å²) >= 11 is 0. The van der Waals surface area contributed by atoms with Gasteiger partial charge >= 0.3 is 0 Å². The van der Waals surface area contributed by atoms with Crippen molar-refractivity contribution in [1.29, 1.82) is 0 Å². The number of hydrogen-bond donors (Lipinski definition) is 1. The maximum atomic E-state index is 6.09. The van der Waals surface area contributed by atoms with Gasteiger partial charge in [0.1, 0.15) is 12.4 Å². The molecule has 0 saturated carbocycles. The van der Waals surface area contributed by atoms with Gasteiger partial charge < -0.3 is 10.1 Å². The SMILES string of the molecule is CCNC(COc1cc(C)ccc1C(C)C)C(C)C. The third-order valence-corrected chi connectivity index (χ3v) is 3.48. The van der Waals surface area contributed by atoms with E-state index in [4.69, 9.17) is 4.74 Å². The van der Waals surface area contributed by atoms with Crippen LogP contribution < -0.4 is 10.1 Å². The lowest BCUT2D eigenvalue weighted by Gasteiger charge is -2.23. The largest absolute Gasteiger partial charge is 0.492 e. The Labute approximate surface area is 118 Å². The Kier molecular flexibility index (Phi) is 6.36. The lowest BCUT2D eigenvalue weighted by Crippen LogP contribution is -2.38. The smallest absolute Gasteiger partial charge is 0.123 e. The summed E-state index contributed by atoms with van der Waals surface area (Å²) in [4.78, 5) is 0. The molecule has 0 fully saturated rings. The van der Waals surface area contributed by atoms with Crippen LogP contribution in [-0.2, 0) is 0 Å². The van der Waals surface area contributed by atoms with E-state index in [1.807, 2.05) is 0 Å². The first-order valence-corrected chi connectivity index (χ1v) is 7.42. The van der Waals surface area contributed by atoms with Gasteiger partial charge in [-0.05, 0) is 42.5 Å². The maximum absolute atomic E-state index is 6.09. The molecule has 1 atom stereocenters. The fourth-order valence-electron chi connectivity index (χ4n) is 2.17. The molecule has 1 aromatic carbocycles. The zero-order chi connectivity index (χ0) is 14.4. The summed E-state index contributed by atoms with van der Waals surface area (Å²) in [5.41, 5.74) is 2.55. The molecular weight excluding hydrogens is 234 g/mol. The average Bonchev–Trinajstić information content (AvgIpc) is 2.33. The van der Waals surface area contributed by atoms with Gasteiger partial charge in [-0.3, -0.25) is 0 Å². The van der Waals surface area contributed by atoms with Crippen molar-refractivity contribution in [2.75, 3.05) is 13.2 Å². The van der Waals surface area contributed by atoms with Crippen molar-refractivity contribution in [2.45, 2.75) is 53.5 Å². The number of hydrogen-bond acceptors (Lipinski definition) is 2. The molecule has 0 radical (unpaired) electrons. The standard InChI is InChI=1S/C17H29NO/c1-7-18-16(13(4)5)11-19-17-10-14(6)8-9-15(17)12(2)3/h8-10,12-13,16,18H,7,11H2,1-6H3. The summed E-state index contributed by atoms with van der Waals surface area (Å²) in [6, 6.07) is 6.91. The van der Waals surface area contributed by atoms with Crippen LogP contribution in [0, 0.1) is 12.8 Å². The number of aryl methyl sites for hydroxylation is 1. The van der Waals surface area contributed by atoms with E-state index < -0.39 is 0 Å². The zero-order valence-electron chi connectivity index (χ0n) is 13.3. The van der Waals surface area contributed by atoms with Gasteiger partial charge in [-0.15, -0.1) is 0 Å². The predicted octanol–water partition coefficient (Wildman–Crippen LogP) is 4.13. The second-order valence-corrected chi connectivity index (χ2v) is 5.92. The van der Waals surface area contributed by atoms with Gasteiger partial charge in [-0.2, -0.15) is 0 Å². The zero-order valence-corrected chi connectivity index (χ0v) is 13.3. The van der Waals surface area contributed by atoms with Crippen LogP contribution in [-0.4, -0.2) is 19.2 Å². The van der Waals surface area contributed by atoms with Crippen LogP contribution in [0.3, 0.4) is 0 Å². The minimum atomic E-state index is 0.408. The lowest BCUT2D eigenvalue weighted by atomic mass is 10.0. The number of rotatable bonds is 7. The number of benzene rings is 1. The molecule has 0 bridgehead atoms. The highest BCUT2D eigenvalue weighted by atomic mass is 16.5. The Bertz CT molecular complexity index is 385. The Morgan fingerprint density at radius 1 is 1.16 bits per heavy atom. The minimum Gasteiger partial charge on any atom is -0.492 e. The highest BCUT2D eigenvalue weighted by Gasteiger charge is 2.14. The van der Waals surface area contributed by atoms with Crippen molar-refractivity contribution in [3.63, 3.8) is 0 Å². The van der Waals surface area contributed by atoms with Gasteiger partial charge in [0.2, 0.25) is 0 Å². The fraction of sp³-hybridized carbons (Fsp3) is 0.647. The molecule has 0 spiro atoms. The first-order chi connectivity index (χ1) is 8.95. The summed E-state index contributed by atoms with van der Waals surface area (Å²) in [5.74, 6) is 2.11. The van der Waals surface area contributed by atoms with Crippen molar-refractivity contribution in [3.8, 4) is 5.75 Å². The number of nitrogens with one attached hydrogen (secondary N) is 1. The Morgan fingerprint density at radius 2 is 1.84 bits per heavy atom. The van der Waals surface area contributed by atoms with E-state index in [1.165, 1.54) is 11.1 Å². The van der Waals surface area contributed by atoms with E-state index in [-0.39, 0.29) is 0 Å². The van der Waals surface area contributed by atoms with Gasteiger partial charge in [0.25, 0.3) is 0 Å². The summed E-state index contributed by atoms with van der Waals surface area (Å²) in [7, 11) is 0. The Morgan fingerprint density at radius 3 is 2.37 bits per heavy atom. The molecule has 0 amide bonds. The molecule has 1 unspecified atom stereocenters. The molecule has 1 N–H and O–H groups in total. The lowest BCUT2D eigenvalue weighted by molar-refractivity contribution is 0.230. The average molecular weight is 263 g/mol. The van der Waals surface area contributed by atoms with Crippen molar-refractivity contribution in [1.82, 2.24) is 5.32 Å². The van der Waals surface area contributed by atoms with E-state index in [0.29, 0.717) is 17.9 Å².